The smallest absolute Gasteiger partial charge is 0.273 e. The van der Waals surface area contributed by atoms with E-state index in [4.69, 9.17) is 5.73 Å². The van der Waals surface area contributed by atoms with Crippen LogP contribution < -0.4 is 11.3 Å². The second kappa shape index (κ2) is 4.23. The summed E-state index contributed by atoms with van der Waals surface area (Å²) in [6.07, 6.45) is 0. The van der Waals surface area contributed by atoms with Crippen LogP contribution in [0, 0.1) is 20.8 Å². The number of nitrogen functional groups attached to an aromatic ring is 1. The number of benzene rings is 1. The van der Waals surface area contributed by atoms with Crippen LogP contribution in [-0.4, -0.2) is 14.6 Å². The molecule has 0 atom stereocenters. The molecule has 0 amide bonds. The van der Waals surface area contributed by atoms with Gasteiger partial charge in [-0.3, -0.25) is 9.89 Å². The third kappa shape index (κ3) is 1.87. The molecule has 3 aromatic rings. The Morgan fingerprint density at radius 3 is 2.40 bits per heavy atom. The van der Waals surface area contributed by atoms with Crippen molar-refractivity contribution in [2.75, 3.05) is 5.73 Å². The molecule has 0 bridgehead atoms. The van der Waals surface area contributed by atoms with Crippen molar-refractivity contribution < 1.29 is 0 Å². The fraction of sp³-hybridized carbons (Fsp3) is 0.200. The molecular weight excluding hydrogens is 252 g/mol. The van der Waals surface area contributed by atoms with Crippen molar-refractivity contribution in [1.82, 2.24) is 14.6 Å². The summed E-state index contributed by atoms with van der Waals surface area (Å²) in [6, 6.07) is 7.38. The van der Waals surface area contributed by atoms with Gasteiger partial charge in [-0.2, -0.15) is 4.52 Å². The molecule has 1 aromatic carbocycles. The zero-order valence-electron chi connectivity index (χ0n) is 11.7. The van der Waals surface area contributed by atoms with E-state index in [2.05, 4.69) is 29.1 Å². The highest BCUT2D eigenvalue weighted by Crippen LogP contribution is 2.26. The number of hydrogen-bond acceptors (Lipinski definition) is 3. The zero-order chi connectivity index (χ0) is 14.4. The molecule has 102 valence electrons. The first-order valence-electron chi connectivity index (χ1n) is 6.42. The molecule has 3 N–H and O–H groups in total. The summed E-state index contributed by atoms with van der Waals surface area (Å²) in [4.78, 5) is 16.6. The average Bonchev–Trinajstić information content (AvgIpc) is 2.69. The van der Waals surface area contributed by atoms with Crippen LogP contribution in [0.25, 0.3) is 16.9 Å². The first-order valence-corrected chi connectivity index (χ1v) is 6.42. The van der Waals surface area contributed by atoms with E-state index in [0.29, 0.717) is 17.2 Å². The van der Waals surface area contributed by atoms with E-state index < -0.39 is 0 Å². The fourth-order valence-electron chi connectivity index (χ4n) is 2.72. The van der Waals surface area contributed by atoms with Crippen LogP contribution in [-0.2, 0) is 0 Å². The van der Waals surface area contributed by atoms with Gasteiger partial charge in [0.05, 0.1) is 5.69 Å². The highest BCUT2D eigenvalue weighted by molar-refractivity contribution is 5.69. The zero-order valence-corrected chi connectivity index (χ0v) is 11.7. The third-order valence-electron chi connectivity index (χ3n) is 3.40. The summed E-state index contributed by atoms with van der Waals surface area (Å²) >= 11 is 0. The number of nitrogens with zero attached hydrogens (tertiary/aromatic N) is 2. The van der Waals surface area contributed by atoms with Gasteiger partial charge in [-0.05, 0) is 31.9 Å². The van der Waals surface area contributed by atoms with Gasteiger partial charge in [0.1, 0.15) is 5.82 Å². The van der Waals surface area contributed by atoms with Gasteiger partial charge in [-0.25, -0.2) is 4.98 Å². The Morgan fingerprint density at radius 1 is 1.10 bits per heavy atom. The van der Waals surface area contributed by atoms with Crippen molar-refractivity contribution in [1.29, 1.82) is 0 Å². The number of nitrogens with two attached hydrogens (primary N) is 1. The Balaban J connectivity index is 2.33. The lowest BCUT2D eigenvalue weighted by molar-refractivity contribution is 0.906. The van der Waals surface area contributed by atoms with Gasteiger partial charge in [-0.1, -0.05) is 17.7 Å². The van der Waals surface area contributed by atoms with Crippen molar-refractivity contribution in [3.63, 3.8) is 0 Å². The quantitative estimate of drug-likeness (QED) is 0.710. The summed E-state index contributed by atoms with van der Waals surface area (Å²) in [6.45, 7) is 6.12. The molecule has 2 heterocycles. The van der Waals surface area contributed by atoms with Crippen LogP contribution in [0.4, 0.5) is 5.82 Å². The maximum Gasteiger partial charge on any atom is 0.273 e. The standard InChI is InChI=1S/C15H16N4O/c1-8-4-9(2)15(10(3)5-8)11-6-14(20)19-13(17-11)7-12(16)18-19/h4-7,18H,16H2,1-3H3. The van der Waals surface area contributed by atoms with E-state index >= 15 is 0 Å². The molecule has 3 rings (SSSR count). The van der Waals surface area contributed by atoms with Crippen LogP contribution in [0.3, 0.4) is 0 Å². The average molecular weight is 268 g/mol. The lowest BCUT2D eigenvalue weighted by atomic mass is 9.97. The van der Waals surface area contributed by atoms with Gasteiger partial charge in [0.25, 0.3) is 5.56 Å². The number of anilines is 1. The second-order valence-corrected chi connectivity index (χ2v) is 5.16. The van der Waals surface area contributed by atoms with Crippen molar-refractivity contribution in [2.24, 2.45) is 0 Å². The molecule has 2 aromatic heterocycles. The van der Waals surface area contributed by atoms with E-state index in [-0.39, 0.29) is 5.56 Å². The SMILES string of the molecule is Cc1cc(C)c(-c2cc(=O)n3[nH]c(N)cc3n2)c(C)c1. The summed E-state index contributed by atoms with van der Waals surface area (Å²) in [5, 5.41) is 2.76. The number of H-pyrrole nitrogens is 1. The Labute approximate surface area is 116 Å². The Hall–Kier alpha value is -2.56. The van der Waals surface area contributed by atoms with Crippen LogP contribution in [0.5, 0.6) is 0 Å². The molecule has 5 nitrogen and oxygen atoms in total. The number of aromatic nitrogens is 3. The number of nitrogens with one attached hydrogen (secondary N) is 1. The van der Waals surface area contributed by atoms with Gasteiger partial charge >= 0.3 is 0 Å². The molecule has 0 aliphatic rings. The van der Waals surface area contributed by atoms with E-state index in [1.54, 1.807) is 6.07 Å². The lowest BCUT2D eigenvalue weighted by Gasteiger charge is -2.10. The molecule has 0 spiro atoms. The van der Waals surface area contributed by atoms with Gasteiger partial charge in [-0.15, -0.1) is 0 Å². The van der Waals surface area contributed by atoms with Gasteiger partial charge in [0, 0.05) is 17.7 Å². The van der Waals surface area contributed by atoms with Crippen LogP contribution in [0.15, 0.2) is 29.1 Å². The Morgan fingerprint density at radius 2 is 1.75 bits per heavy atom. The molecule has 0 aliphatic carbocycles. The van der Waals surface area contributed by atoms with Crippen LogP contribution in [0.1, 0.15) is 16.7 Å². The first-order chi connectivity index (χ1) is 9.45. The normalized spacial score (nSPS) is 11.2. The number of aromatic amines is 1. The van der Waals surface area contributed by atoms with Crippen molar-refractivity contribution in [2.45, 2.75) is 20.8 Å². The number of aryl methyl sites for hydroxylation is 3. The number of fused-ring (bicyclic) bond motifs is 1. The maximum absolute atomic E-state index is 12.1. The highest BCUT2D eigenvalue weighted by atomic mass is 16.1. The fourth-order valence-corrected chi connectivity index (χ4v) is 2.72. The largest absolute Gasteiger partial charge is 0.384 e. The minimum atomic E-state index is -0.166. The molecule has 0 saturated carbocycles. The molecule has 5 heteroatoms. The van der Waals surface area contributed by atoms with E-state index in [0.717, 1.165) is 16.7 Å². The molecule has 0 fully saturated rings. The summed E-state index contributed by atoms with van der Waals surface area (Å²) in [7, 11) is 0. The summed E-state index contributed by atoms with van der Waals surface area (Å²) in [5.74, 6) is 0.420. The van der Waals surface area contributed by atoms with Crippen molar-refractivity contribution in [3.8, 4) is 11.3 Å². The van der Waals surface area contributed by atoms with E-state index in [1.807, 2.05) is 13.8 Å². The predicted molar refractivity (Wildman–Crippen MR) is 79.9 cm³/mol. The minimum absolute atomic E-state index is 0.166. The predicted octanol–water partition coefficient (Wildman–Crippen LogP) is 2.20. The van der Waals surface area contributed by atoms with Crippen LogP contribution in [0.2, 0.25) is 0 Å². The van der Waals surface area contributed by atoms with E-state index in [9.17, 15) is 4.79 Å². The summed E-state index contributed by atoms with van der Waals surface area (Å²) in [5.41, 5.74) is 11.2. The van der Waals surface area contributed by atoms with Gasteiger partial charge in [0.2, 0.25) is 0 Å². The van der Waals surface area contributed by atoms with Crippen LogP contribution >= 0.6 is 0 Å². The topological polar surface area (TPSA) is 76.2 Å². The molecule has 0 aliphatic heterocycles. The maximum atomic E-state index is 12.1. The van der Waals surface area contributed by atoms with Gasteiger partial charge in [0.15, 0.2) is 5.65 Å². The molecular formula is C15H16N4O. The molecule has 0 saturated heterocycles. The Bertz CT molecular complexity index is 850. The highest BCUT2D eigenvalue weighted by Gasteiger charge is 2.11. The number of hydrogen-bond donors (Lipinski definition) is 2. The Kier molecular flexibility index (Phi) is 2.64. The third-order valence-corrected chi connectivity index (χ3v) is 3.40. The minimum Gasteiger partial charge on any atom is -0.384 e. The molecule has 0 unspecified atom stereocenters. The second-order valence-electron chi connectivity index (χ2n) is 5.16. The molecule has 20 heavy (non-hydrogen) atoms. The van der Waals surface area contributed by atoms with Crippen molar-refractivity contribution in [3.05, 3.63) is 51.3 Å². The summed E-state index contributed by atoms with van der Waals surface area (Å²) < 4.78 is 1.34. The van der Waals surface area contributed by atoms with E-state index in [1.165, 1.54) is 16.1 Å². The molecule has 0 radical (unpaired) electrons. The first kappa shape index (κ1) is 12.5. The van der Waals surface area contributed by atoms with Crippen molar-refractivity contribution >= 4 is 11.5 Å². The monoisotopic (exact) mass is 268 g/mol. The van der Waals surface area contributed by atoms with Gasteiger partial charge < -0.3 is 5.73 Å². The lowest BCUT2D eigenvalue weighted by Crippen LogP contribution is -2.14. The number of rotatable bonds is 1.